The SMILES string of the molecule is COc1ccc2[nH]cc(CCNc3nccc(N(C)c4ccc5c(c4)cc(C)n5C)n3)c2c1. The molecule has 3 heterocycles. The summed E-state index contributed by atoms with van der Waals surface area (Å²) < 4.78 is 7.57. The number of nitrogens with zero attached hydrogens (tertiary/aromatic N) is 4. The maximum atomic E-state index is 5.37. The van der Waals surface area contributed by atoms with Gasteiger partial charge < -0.3 is 24.5 Å². The van der Waals surface area contributed by atoms with Crippen LogP contribution in [0, 0.1) is 6.92 Å². The van der Waals surface area contributed by atoms with E-state index in [2.05, 4.69) is 75.3 Å². The number of benzene rings is 2. The molecule has 0 saturated carbocycles. The molecule has 0 aliphatic rings. The van der Waals surface area contributed by atoms with Gasteiger partial charge in [0, 0.05) is 66.2 Å². The molecule has 0 unspecified atom stereocenters. The lowest BCUT2D eigenvalue weighted by atomic mass is 10.1. The van der Waals surface area contributed by atoms with Crippen LogP contribution in [0.1, 0.15) is 11.3 Å². The standard InChI is InChI=1S/C26H28N6O/c1-17-13-19-14-20(5-8-24(19)31(17)2)32(3)25-10-12-28-26(30-25)27-11-9-18-16-29-23-7-6-21(33-4)15-22(18)23/h5-8,10,12-16,29H,9,11H2,1-4H3,(H,27,28,30). The van der Waals surface area contributed by atoms with Crippen LogP contribution >= 0.6 is 0 Å². The maximum absolute atomic E-state index is 5.37. The van der Waals surface area contributed by atoms with Crippen molar-refractivity contribution in [2.24, 2.45) is 7.05 Å². The molecule has 2 aromatic carbocycles. The number of aromatic amines is 1. The van der Waals surface area contributed by atoms with Gasteiger partial charge in [-0.3, -0.25) is 0 Å². The Morgan fingerprint density at radius 3 is 2.85 bits per heavy atom. The van der Waals surface area contributed by atoms with Gasteiger partial charge in [-0.2, -0.15) is 4.98 Å². The summed E-state index contributed by atoms with van der Waals surface area (Å²) >= 11 is 0. The van der Waals surface area contributed by atoms with Crippen molar-refractivity contribution in [3.05, 3.63) is 72.2 Å². The van der Waals surface area contributed by atoms with E-state index in [-0.39, 0.29) is 0 Å². The van der Waals surface area contributed by atoms with E-state index in [0.717, 1.165) is 35.7 Å². The Hall–Kier alpha value is -4.00. The fourth-order valence-electron chi connectivity index (χ4n) is 4.24. The van der Waals surface area contributed by atoms with E-state index in [0.29, 0.717) is 5.95 Å². The quantitative estimate of drug-likeness (QED) is 0.364. The third-order valence-corrected chi connectivity index (χ3v) is 6.29. The Kier molecular flexibility index (Phi) is 5.38. The lowest BCUT2D eigenvalue weighted by Crippen LogP contribution is -2.14. The van der Waals surface area contributed by atoms with Crippen molar-refractivity contribution in [1.82, 2.24) is 19.5 Å². The highest BCUT2D eigenvalue weighted by Crippen LogP contribution is 2.28. The van der Waals surface area contributed by atoms with Crippen LogP contribution in [0.5, 0.6) is 5.75 Å². The summed E-state index contributed by atoms with van der Waals surface area (Å²) in [5, 5.41) is 5.77. The highest BCUT2D eigenvalue weighted by atomic mass is 16.5. The molecule has 7 heteroatoms. The largest absolute Gasteiger partial charge is 0.497 e. The van der Waals surface area contributed by atoms with Crippen LogP contribution in [0.25, 0.3) is 21.8 Å². The van der Waals surface area contributed by atoms with Crippen LogP contribution in [-0.4, -0.2) is 40.2 Å². The fourth-order valence-corrected chi connectivity index (χ4v) is 4.24. The summed E-state index contributed by atoms with van der Waals surface area (Å²) in [6.45, 7) is 2.85. The van der Waals surface area contributed by atoms with Gasteiger partial charge in [-0.15, -0.1) is 0 Å². The number of rotatable bonds is 7. The molecular formula is C26H28N6O. The molecule has 0 spiro atoms. The van der Waals surface area contributed by atoms with Crippen LogP contribution in [0.15, 0.2) is 60.9 Å². The minimum absolute atomic E-state index is 0.619. The van der Waals surface area contributed by atoms with Crippen molar-refractivity contribution in [3.8, 4) is 5.75 Å². The molecule has 0 aliphatic carbocycles. The molecule has 0 saturated heterocycles. The highest BCUT2D eigenvalue weighted by Gasteiger charge is 2.10. The second-order valence-electron chi connectivity index (χ2n) is 8.29. The lowest BCUT2D eigenvalue weighted by molar-refractivity contribution is 0.415. The van der Waals surface area contributed by atoms with Gasteiger partial charge in [0.25, 0.3) is 0 Å². The zero-order valence-electron chi connectivity index (χ0n) is 19.4. The number of fused-ring (bicyclic) bond motifs is 2. The smallest absolute Gasteiger partial charge is 0.224 e. The zero-order chi connectivity index (χ0) is 22.9. The number of hydrogen-bond donors (Lipinski definition) is 2. The third kappa shape index (κ3) is 3.98. The Morgan fingerprint density at radius 1 is 1.12 bits per heavy atom. The van der Waals surface area contributed by atoms with Crippen LogP contribution < -0.4 is 15.0 Å². The normalized spacial score (nSPS) is 11.3. The van der Waals surface area contributed by atoms with E-state index in [1.54, 1.807) is 13.3 Å². The van der Waals surface area contributed by atoms with Crippen molar-refractivity contribution in [2.75, 3.05) is 30.9 Å². The second kappa shape index (κ2) is 8.50. The minimum Gasteiger partial charge on any atom is -0.497 e. The molecular weight excluding hydrogens is 412 g/mol. The maximum Gasteiger partial charge on any atom is 0.224 e. The molecule has 33 heavy (non-hydrogen) atoms. The number of aromatic nitrogens is 4. The average Bonchev–Trinajstić information content (AvgIpc) is 3.37. The predicted molar refractivity (Wildman–Crippen MR) is 135 cm³/mol. The van der Waals surface area contributed by atoms with E-state index in [1.165, 1.54) is 27.5 Å². The first-order chi connectivity index (χ1) is 16.0. The second-order valence-corrected chi connectivity index (χ2v) is 8.29. The van der Waals surface area contributed by atoms with Gasteiger partial charge in [-0.1, -0.05) is 0 Å². The Bertz CT molecular complexity index is 1430. The topological polar surface area (TPSA) is 71.0 Å². The average molecular weight is 441 g/mol. The lowest BCUT2D eigenvalue weighted by Gasteiger charge is -2.19. The molecule has 5 rings (SSSR count). The molecule has 5 aromatic rings. The molecule has 0 amide bonds. The zero-order valence-corrected chi connectivity index (χ0v) is 19.4. The molecule has 0 aliphatic heterocycles. The Morgan fingerprint density at radius 2 is 2.00 bits per heavy atom. The first-order valence-electron chi connectivity index (χ1n) is 11.0. The van der Waals surface area contributed by atoms with Crippen molar-refractivity contribution in [2.45, 2.75) is 13.3 Å². The summed E-state index contributed by atoms with van der Waals surface area (Å²) in [6.07, 6.45) is 4.70. The van der Waals surface area contributed by atoms with Gasteiger partial charge in [-0.05, 0) is 67.4 Å². The van der Waals surface area contributed by atoms with Crippen LogP contribution in [0.2, 0.25) is 0 Å². The number of aryl methyl sites for hydroxylation is 2. The molecule has 7 nitrogen and oxygen atoms in total. The van der Waals surface area contributed by atoms with E-state index >= 15 is 0 Å². The molecule has 3 aromatic heterocycles. The number of ether oxygens (including phenoxy) is 1. The number of methoxy groups -OCH3 is 1. The summed E-state index contributed by atoms with van der Waals surface area (Å²) in [5.74, 6) is 2.32. The fraction of sp³-hybridized carbons (Fsp3) is 0.231. The van der Waals surface area contributed by atoms with Crippen molar-refractivity contribution in [3.63, 3.8) is 0 Å². The van der Waals surface area contributed by atoms with Gasteiger partial charge >= 0.3 is 0 Å². The first kappa shape index (κ1) is 20.9. The first-order valence-corrected chi connectivity index (χ1v) is 11.0. The van der Waals surface area contributed by atoms with Crippen molar-refractivity contribution >= 4 is 39.3 Å². The van der Waals surface area contributed by atoms with Crippen molar-refractivity contribution < 1.29 is 4.74 Å². The Labute approximate surface area is 193 Å². The number of anilines is 3. The highest BCUT2D eigenvalue weighted by molar-refractivity contribution is 5.86. The van der Waals surface area contributed by atoms with Gasteiger partial charge in [-0.25, -0.2) is 4.98 Å². The third-order valence-electron chi connectivity index (χ3n) is 6.29. The monoisotopic (exact) mass is 440 g/mol. The summed E-state index contributed by atoms with van der Waals surface area (Å²) in [5.41, 5.74) is 5.90. The number of nitrogens with one attached hydrogen (secondary N) is 2. The van der Waals surface area contributed by atoms with E-state index in [4.69, 9.17) is 9.72 Å². The summed E-state index contributed by atoms with van der Waals surface area (Å²) in [7, 11) is 5.81. The van der Waals surface area contributed by atoms with Crippen LogP contribution in [0.3, 0.4) is 0 Å². The summed E-state index contributed by atoms with van der Waals surface area (Å²) in [6, 6.07) is 16.7. The number of H-pyrrole nitrogens is 1. The van der Waals surface area contributed by atoms with Gasteiger partial charge in [0.05, 0.1) is 7.11 Å². The molecule has 168 valence electrons. The molecule has 0 radical (unpaired) electrons. The predicted octanol–water partition coefficient (Wildman–Crippen LogP) is 5.19. The van der Waals surface area contributed by atoms with Gasteiger partial charge in [0.15, 0.2) is 0 Å². The van der Waals surface area contributed by atoms with Crippen LogP contribution in [0.4, 0.5) is 17.5 Å². The molecule has 2 N–H and O–H groups in total. The van der Waals surface area contributed by atoms with Gasteiger partial charge in [0.1, 0.15) is 11.6 Å². The van der Waals surface area contributed by atoms with E-state index < -0.39 is 0 Å². The van der Waals surface area contributed by atoms with E-state index in [1.807, 2.05) is 25.2 Å². The molecule has 0 fully saturated rings. The summed E-state index contributed by atoms with van der Waals surface area (Å²) in [4.78, 5) is 14.5. The van der Waals surface area contributed by atoms with E-state index in [9.17, 15) is 0 Å². The van der Waals surface area contributed by atoms with Crippen LogP contribution in [-0.2, 0) is 13.5 Å². The molecule has 0 atom stereocenters. The Balaban J connectivity index is 1.29. The van der Waals surface area contributed by atoms with Gasteiger partial charge in [0.2, 0.25) is 5.95 Å². The molecule has 0 bridgehead atoms. The minimum atomic E-state index is 0.619. The van der Waals surface area contributed by atoms with Crippen molar-refractivity contribution in [1.29, 1.82) is 0 Å². The number of hydrogen-bond acceptors (Lipinski definition) is 5.